The number of nitrogens with zero attached hydrogens (tertiary/aromatic N) is 7. The average molecular weight is 506 g/mol. The van der Waals surface area contributed by atoms with E-state index in [-0.39, 0.29) is 23.4 Å². The molecule has 2 aromatic heterocycles. The molecule has 2 N–H and O–H groups in total. The predicted octanol–water partition coefficient (Wildman–Crippen LogP) is 4.34. The first kappa shape index (κ1) is 24.3. The second-order valence-corrected chi connectivity index (χ2v) is 9.26. The highest BCUT2D eigenvalue weighted by molar-refractivity contribution is 5.60. The number of piperidine rings is 2. The minimum atomic E-state index is -4.63. The number of benzene rings is 1. The van der Waals surface area contributed by atoms with Crippen molar-refractivity contribution in [2.24, 2.45) is 5.92 Å². The molecule has 9 nitrogen and oxygen atoms in total. The number of nitrogens with one attached hydrogen (secondary N) is 2. The Morgan fingerprint density at radius 1 is 1.11 bits per heavy atom. The zero-order valence-electron chi connectivity index (χ0n) is 19.8. The largest absolute Gasteiger partial charge is 0.421 e. The molecular formula is C23H27F4N9. The summed E-state index contributed by atoms with van der Waals surface area (Å²) in [5, 5.41) is 16.9. The second kappa shape index (κ2) is 9.96. The first-order valence-electron chi connectivity index (χ1n) is 12.0. The van der Waals surface area contributed by atoms with Crippen LogP contribution in [0.1, 0.15) is 43.5 Å². The number of aromatic nitrogens is 6. The molecule has 2 fully saturated rings. The number of aryl methyl sites for hydroxylation is 1. The van der Waals surface area contributed by atoms with E-state index in [0.717, 1.165) is 45.0 Å². The van der Waals surface area contributed by atoms with Crippen molar-refractivity contribution in [2.45, 2.75) is 51.2 Å². The Bertz CT molecular complexity index is 1210. The summed E-state index contributed by atoms with van der Waals surface area (Å²) in [6.45, 7) is 4.16. The average Bonchev–Trinajstić information content (AvgIpc) is 3.29. The van der Waals surface area contributed by atoms with Gasteiger partial charge in [0, 0.05) is 18.8 Å². The van der Waals surface area contributed by atoms with Gasteiger partial charge in [0.05, 0.1) is 11.4 Å². The van der Waals surface area contributed by atoms with Crippen LogP contribution in [0.2, 0.25) is 0 Å². The van der Waals surface area contributed by atoms with Gasteiger partial charge in [0.15, 0.2) is 5.82 Å². The molecule has 2 aliphatic heterocycles. The van der Waals surface area contributed by atoms with Crippen LogP contribution in [0.4, 0.5) is 35.0 Å². The van der Waals surface area contributed by atoms with Crippen LogP contribution in [0.3, 0.4) is 0 Å². The number of tetrazole rings is 1. The van der Waals surface area contributed by atoms with Gasteiger partial charge < -0.3 is 15.5 Å². The lowest BCUT2D eigenvalue weighted by atomic mass is 9.83. The van der Waals surface area contributed by atoms with Crippen molar-refractivity contribution in [3.63, 3.8) is 0 Å². The van der Waals surface area contributed by atoms with Gasteiger partial charge in [-0.3, -0.25) is 0 Å². The van der Waals surface area contributed by atoms with Gasteiger partial charge in [0.1, 0.15) is 17.2 Å². The SMILES string of the molecule is Cc1nnnn1-c1ccc(F)c(Nc2ncc(C(F)(F)F)c(NCC3CCCN4CCCCC34)n2)c1. The summed E-state index contributed by atoms with van der Waals surface area (Å²) in [4.78, 5) is 10.4. The molecule has 192 valence electrons. The van der Waals surface area contributed by atoms with Crippen molar-refractivity contribution in [1.29, 1.82) is 0 Å². The molecule has 0 saturated carbocycles. The monoisotopic (exact) mass is 505 g/mol. The summed E-state index contributed by atoms with van der Waals surface area (Å²) >= 11 is 0. The fourth-order valence-electron chi connectivity index (χ4n) is 5.16. The van der Waals surface area contributed by atoms with Crippen LogP contribution in [0, 0.1) is 18.7 Å². The van der Waals surface area contributed by atoms with Crippen molar-refractivity contribution in [2.75, 3.05) is 30.3 Å². The zero-order chi connectivity index (χ0) is 25.3. The van der Waals surface area contributed by atoms with Crippen molar-refractivity contribution >= 4 is 17.5 Å². The number of hydrogen-bond donors (Lipinski definition) is 2. The molecule has 1 aromatic carbocycles. The van der Waals surface area contributed by atoms with E-state index in [4.69, 9.17) is 0 Å². The van der Waals surface area contributed by atoms with E-state index in [1.54, 1.807) is 6.92 Å². The minimum absolute atomic E-state index is 0.0155. The lowest BCUT2D eigenvalue weighted by Gasteiger charge is -2.44. The van der Waals surface area contributed by atoms with E-state index < -0.39 is 17.6 Å². The lowest BCUT2D eigenvalue weighted by Crippen LogP contribution is -2.49. The fraction of sp³-hybridized carbons (Fsp3) is 0.522. The molecule has 36 heavy (non-hydrogen) atoms. The van der Waals surface area contributed by atoms with E-state index in [1.165, 1.54) is 29.3 Å². The molecule has 2 atom stereocenters. The van der Waals surface area contributed by atoms with Gasteiger partial charge in [-0.25, -0.2) is 9.37 Å². The number of fused-ring (bicyclic) bond motifs is 1. The van der Waals surface area contributed by atoms with Gasteiger partial charge in [0.25, 0.3) is 0 Å². The Morgan fingerprint density at radius 2 is 1.94 bits per heavy atom. The lowest BCUT2D eigenvalue weighted by molar-refractivity contribution is -0.137. The van der Waals surface area contributed by atoms with E-state index in [1.807, 2.05) is 0 Å². The smallest absolute Gasteiger partial charge is 0.369 e. The van der Waals surface area contributed by atoms with Gasteiger partial charge in [-0.1, -0.05) is 6.42 Å². The van der Waals surface area contributed by atoms with Crippen LogP contribution in [-0.2, 0) is 6.18 Å². The second-order valence-electron chi connectivity index (χ2n) is 9.26. The first-order chi connectivity index (χ1) is 17.3. The van der Waals surface area contributed by atoms with Crippen molar-refractivity contribution in [3.8, 4) is 5.69 Å². The maximum atomic E-state index is 14.5. The quantitative estimate of drug-likeness (QED) is 0.478. The normalized spacial score (nSPS) is 20.7. The van der Waals surface area contributed by atoms with E-state index in [2.05, 4.69) is 41.0 Å². The summed E-state index contributed by atoms with van der Waals surface area (Å²) in [6, 6.07) is 4.51. The Balaban J connectivity index is 1.38. The topological polar surface area (TPSA) is 96.7 Å². The third-order valence-corrected chi connectivity index (χ3v) is 6.92. The predicted molar refractivity (Wildman–Crippen MR) is 125 cm³/mol. The van der Waals surface area contributed by atoms with Crippen molar-refractivity contribution in [1.82, 2.24) is 35.1 Å². The molecular weight excluding hydrogens is 478 g/mol. The highest BCUT2D eigenvalue weighted by Crippen LogP contribution is 2.36. The van der Waals surface area contributed by atoms with Crippen LogP contribution in [0.5, 0.6) is 0 Å². The van der Waals surface area contributed by atoms with E-state index in [9.17, 15) is 17.6 Å². The maximum Gasteiger partial charge on any atom is 0.421 e. The van der Waals surface area contributed by atoms with Gasteiger partial charge in [-0.05, 0) is 80.2 Å². The summed E-state index contributed by atoms with van der Waals surface area (Å²) in [6.07, 6.45) is 1.45. The molecule has 2 aliphatic rings. The molecule has 4 heterocycles. The molecule has 2 saturated heterocycles. The van der Waals surface area contributed by atoms with Crippen LogP contribution >= 0.6 is 0 Å². The summed E-state index contributed by atoms with van der Waals surface area (Å²) in [7, 11) is 0. The third kappa shape index (κ3) is 5.11. The number of hydrogen-bond acceptors (Lipinski definition) is 8. The van der Waals surface area contributed by atoms with E-state index >= 15 is 0 Å². The Morgan fingerprint density at radius 3 is 2.72 bits per heavy atom. The Hall–Kier alpha value is -3.35. The molecule has 5 rings (SSSR count). The third-order valence-electron chi connectivity index (χ3n) is 6.92. The fourth-order valence-corrected chi connectivity index (χ4v) is 5.16. The molecule has 3 aromatic rings. The molecule has 13 heteroatoms. The summed E-state index contributed by atoms with van der Waals surface area (Å²) in [5.41, 5.74) is -0.498. The van der Waals surface area contributed by atoms with Gasteiger partial charge in [0.2, 0.25) is 5.95 Å². The maximum absolute atomic E-state index is 14.5. The molecule has 0 spiro atoms. The van der Waals surface area contributed by atoms with Crippen LogP contribution in [0.15, 0.2) is 24.4 Å². The molecule has 0 bridgehead atoms. The number of alkyl halides is 3. The summed E-state index contributed by atoms with van der Waals surface area (Å²) in [5.74, 6) is -0.370. The van der Waals surface area contributed by atoms with Crippen molar-refractivity contribution < 1.29 is 17.6 Å². The molecule has 0 aliphatic carbocycles. The Kier molecular flexibility index (Phi) is 6.73. The van der Waals surface area contributed by atoms with Gasteiger partial charge >= 0.3 is 6.18 Å². The standard InChI is InChI=1S/C23H27F4N9/c1-14-32-33-34-36(14)16-7-8-18(24)19(11-16)30-22-29-13-17(23(25,26)27)21(31-22)28-12-15-5-4-10-35-9-3-2-6-20(15)35/h7-8,11,13,15,20H,2-6,9-10,12H2,1H3,(H2,28,29,30,31). The number of halogens is 4. The number of rotatable bonds is 6. The Labute approximate surface area is 205 Å². The molecule has 2 unspecified atom stereocenters. The van der Waals surface area contributed by atoms with Crippen LogP contribution in [-0.4, -0.2) is 60.8 Å². The van der Waals surface area contributed by atoms with Gasteiger partial charge in [-0.2, -0.15) is 22.8 Å². The molecule has 0 amide bonds. The highest BCUT2D eigenvalue weighted by atomic mass is 19.4. The van der Waals surface area contributed by atoms with Crippen LogP contribution < -0.4 is 10.6 Å². The molecule has 0 radical (unpaired) electrons. The van der Waals surface area contributed by atoms with Gasteiger partial charge in [-0.15, -0.1) is 5.10 Å². The minimum Gasteiger partial charge on any atom is -0.369 e. The number of anilines is 3. The van der Waals surface area contributed by atoms with Crippen molar-refractivity contribution in [3.05, 3.63) is 41.6 Å². The first-order valence-corrected chi connectivity index (χ1v) is 12.0. The zero-order valence-corrected chi connectivity index (χ0v) is 19.8. The van der Waals surface area contributed by atoms with E-state index in [0.29, 0.717) is 24.1 Å². The highest BCUT2D eigenvalue weighted by Gasteiger charge is 2.37. The van der Waals surface area contributed by atoms with Crippen LogP contribution in [0.25, 0.3) is 5.69 Å². The summed E-state index contributed by atoms with van der Waals surface area (Å²) < 4.78 is 57.1.